The number of benzene rings is 1. The Hall–Kier alpha value is -3.27. The van der Waals surface area contributed by atoms with Crippen LogP contribution in [0, 0.1) is 17.2 Å². The van der Waals surface area contributed by atoms with Crippen LogP contribution >= 0.6 is 0 Å². The van der Waals surface area contributed by atoms with Gasteiger partial charge in [0.15, 0.2) is 0 Å². The molecule has 144 valence electrons. The monoisotopic (exact) mass is 377 g/mol. The molecule has 0 spiro atoms. The van der Waals surface area contributed by atoms with Crippen LogP contribution in [0.4, 0.5) is 0 Å². The number of nitrogens with zero attached hydrogens (tertiary/aromatic N) is 3. The molecule has 0 aliphatic heterocycles. The minimum atomic E-state index is -0.321. The van der Waals surface area contributed by atoms with E-state index in [2.05, 4.69) is 20.6 Å². The zero-order valence-electron chi connectivity index (χ0n) is 15.6. The third kappa shape index (κ3) is 5.36. The van der Waals surface area contributed by atoms with Crippen molar-refractivity contribution in [3.63, 3.8) is 0 Å². The van der Waals surface area contributed by atoms with Crippen LogP contribution in [0.15, 0.2) is 36.7 Å². The van der Waals surface area contributed by atoms with Crippen molar-refractivity contribution in [3.8, 4) is 6.07 Å². The van der Waals surface area contributed by atoms with Crippen LogP contribution in [-0.2, 0) is 6.54 Å². The summed E-state index contributed by atoms with van der Waals surface area (Å²) in [6, 6.07) is 8.99. The molecule has 0 radical (unpaired) electrons. The number of nitrogens with one attached hydrogen (secondary N) is 2. The van der Waals surface area contributed by atoms with Crippen molar-refractivity contribution in [2.75, 3.05) is 6.54 Å². The van der Waals surface area contributed by atoms with E-state index >= 15 is 0 Å². The Morgan fingerprint density at radius 1 is 0.964 bits per heavy atom. The molecule has 2 amide bonds. The van der Waals surface area contributed by atoms with Gasteiger partial charge in [-0.2, -0.15) is 5.26 Å². The van der Waals surface area contributed by atoms with Gasteiger partial charge in [0.25, 0.3) is 11.8 Å². The highest BCUT2D eigenvalue weighted by molar-refractivity contribution is 5.94. The van der Waals surface area contributed by atoms with E-state index in [9.17, 15) is 9.59 Å². The molecule has 1 aromatic heterocycles. The first-order chi connectivity index (χ1) is 13.7. The summed E-state index contributed by atoms with van der Waals surface area (Å²) < 4.78 is 0. The lowest BCUT2D eigenvalue weighted by Crippen LogP contribution is -2.30. The molecule has 28 heavy (non-hydrogen) atoms. The number of rotatable bonds is 6. The second-order valence-electron chi connectivity index (χ2n) is 7.00. The van der Waals surface area contributed by atoms with E-state index in [4.69, 9.17) is 5.26 Å². The van der Waals surface area contributed by atoms with Crippen molar-refractivity contribution in [2.45, 2.75) is 38.6 Å². The average molecular weight is 377 g/mol. The average Bonchev–Trinajstić information content (AvgIpc) is 2.77. The number of carbonyl (C=O) groups is 2. The summed E-state index contributed by atoms with van der Waals surface area (Å²) in [5.41, 5.74) is 1.79. The SMILES string of the molecule is N#Cc1ncc(C(=O)NCc2ccc(C(=O)NCC3CCCCC3)cc2)cn1. The summed E-state index contributed by atoms with van der Waals surface area (Å²) in [6.07, 6.45) is 8.86. The van der Waals surface area contributed by atoms with Gasteiger partial charge in [-0.05, 0) is 36.5 Å². The smallest absolute Gasteiger partial charge is 0.254 e. The Morgan fingerprint density at radius 2 is 1.61 bits per heavy atom. The van der Waals surface area contributed by atoms with Crippen LogP contribution in [0.3, 0.4) is 0 Å². The quantitative estimate of drug-likeness (QED) is 0.804. The van der Waals surface area contributed by atoms with E-state index in [0.717, 1.165) is 12.1 Å². The molecule has 1 aliphatic rings. The van der Waals surface area contributed by atoms with Gasteiger partial charge in [0.2, 0.25) is 5.82 Å². The van der Waals surface area contributed by atoms with Crippen molar-refractivity contribution in [3.05, 3.63) is 59.2 Å². The van der Waals surface area contributed by atoms with E-state index in [1.807, 2.05) is 12.1 Å². The van der Waals surface area contributed by atoms with Crippen molar-refractivity contribution < 1.29 is 9.59 Å². The predicted molar refractivity (Wildman–Crippen MR) is 103 cm³/mol. The highest BCUT2D eigenvalue weighted by Gasteiger charge is 2.15. The Balaban J connectivity index is 1.47. The Kier molecular flexibility index (Phi) is 6.68. The molecular weight excluding hydrogens is 354 g/mol. The Labute approximate surface area is 164 Å². The van der Waals surface area contributed by atoms with Crippen LogP contribution < -0.4 is 10.6 Å². The molecule has 0 unspecified atom stereocenters. The van der Waals surface area contributed by atoms with Gasteiger partial charge in [-0.1, -0.05) is 31.4 Å². The first-order valence-corrected chi connectivity index (χ1v) is 9.53. The van der Waals surface area contributed by atoms with Gasteiger partial charge in [-0.25, -0.2) is 9.97 Å². The lowest BCUT2D eigenvalue weighted by molar-refractivity contribution is 0.0937. The standard InChI is InChI=1S/C21H23N5O2/c22-10-19-23-13-18(14-24-19)21(28)26-12-16-6-8-17(9-7-16)20(27)25-11-15-4-2-1-3-5-15/h6-9,13-15H,1-5,11-12H2,(H,25,27)(H,26,28). The number of hydrogen-bond acceptors (Lipinski definition) is 5. The molecule has 7 heteroatoms. The van der Waals surface area contributed by atoms with Gasteiger partial charge in [-0.15, -0.1) is 0 Å². The van der Waals surface area contributed by atoms with E-state index in [-0.39, 0.29) is 23.2 Å². The van der Waals surface area contributed by atoms with Crippen molar-refractivity contribution in [2.24, 2.45) is 5.92 Å². The zero-order chi connectivity index (χ0) is 19.8. The van der Waals surface area contributed by atoms with Crippen LogP contribution in [0.2, 0.25) is 0 Å². The lowest BCUT2D eigenvalue weighted by Gasteiger charge is -2.21. The normalized spacial score (nSPS) is 14.1. The minimum absolute atomic E-state index is 0.0221. The summed E-state index contributed by atoms with van der Waals surface area (Å²) in [6.45, 7) is 1.06. The molecule has 3 rings (SSSR count). The van der Waals surface area contributed by atoms with Gasteiger partial charge in [0, 0.05) is 31.0 Å². The van der Waals surface area contributed by atoms with Crippen LogP contribution in [0.1, 0.15) is 64.2 Å². The van der Waals surface area contributed by atoms with Crippen molar-refractivity contribution in [1.82, 2.24) is 20.6 Å². The summed E-state index contributed by atoms with van der Waals surface area (Å²) in [4.78, 5) is 31.9. The second kappa shape index (κ2) is 9.60. The fourth-order valence-electron chi connectivity index (χ4n) is 3.29. The predicted octanol–water partition coefficient (Wildman–Crippen LogP) is 2.59. The molecule has 1 fully saturated rings. The summed E-state index contributed by atoms with van der Waals surface area (Å²) >= 11 is 0. The molecule has 1 saturated carbocycles. The van der Waals surface area contributed by atoms with E-state index in [1.54, 1.807) is 18.2 Å². The summed E-state index contributed by atoms with van der Waals surface area (Å²) in [5.74, 6) is 0.238. The maximum absolute atomic E-state index is 12.3. The number of hydrogen-bond donors (Lipinski definition) is 2. The molecule has 0 saturated heterocycles. The summed E-state index contributed by atoms with van der Waals surface area (Å²) in [5, 5.41) is 14.5. The summed E-state index contributed by atoms with van der Waals surface area (Å²) in [7, 11) is 0. The largest absolute Gasteiger partial charge is 0.352 e. The van der Waals surface area contributed by atoms with Gasteiger partial charge >= 0.3 is 0 Å². The first-order valence-electron chi connectivity index (χ1n) is 9.53. The Bertz CT molecular complexity index is 850. The molecule has 0 bridgehead atoms. The van der Waals surface area contributed by atoms with Gasteiger partial charge in [0.05, 0.1) is 5.56 Å². The van der Waals surface area contributed by atoms with Crippen LogP contribution in [-0.4, -0.2) is 28.3 Å². The maximum Gasteiger partial charge on any atom is 0.254 e. The number of carbonyl (C=O) groups excluding carboxylic acids is 2. The molecular formula is C21H23N5O2. The van der Waals surface area contributed by atoms with Crippen molar-refractivity contribution in [1.29, 1.82) is 5.26 Å². The van der Waals surface area contributed by atoms with E-state index in [0.29, 0.717) is 18.0 Å². The number of amides is 2. The highest BCUT2D eigenvalue weighted by atomic mass is 16.2. The number of nitriles is 1. The van der Waals surface area contributed by atoms with Gasteiger partial charge < -0.3 is 10.6 Å². The van der Waals surface area contributed by atoms with E-state index < -0.39 is 0 Å². The van der Waals surface area contributed by atoms with Crippen LogP contribution in [0.5, 0.6) is 0 Å². The maximum atomic E-state index is 12.3. The van der Waals surface area contributed by atoms with Crippen LogP contribution in [0.25, 0.3) is 0 Å². The van der Waals surface area contributed by atoms with E-state index in [1.165, 1.54) is 44.5 Å². The van der Waals surface area contributed by atoms with Gasteiger partial charge in [0.1, 0.15) is 6.07 Å². The third-order valence-corrected chi connectivity index (χ3v) is 4.96. The molecule has 0 atom stereocenters. The first kappa shape index (κ1) is 19.5. The zero-order valence-corrected chi connectivity index (χ0v) is 15.6. The minimum Gasteiger partial charge on any atom is -0.352 e. The highest BCUT2D eigenvalue weighted by Crippen LogP contribution is 2.22. The van der Waals surface area contributed by atoms with Crippen molar-refractivity contribution >= 4 is 11.8 Å². The molecule has 2 aromatic rings. The fraction of sp³-hybridized carbons (Fsp3) is 0.381. The molecule has 7 nitrogen and oxygen atoms in total. The fourth-order valence-corrected chi connectivity index (χ4v) is 3.29. The lowest BCUT2D eigenvalue weighted by atomic mass is 9.89. The third-order valence-electron chi connectivity index (χ3n) is 4.96. The topological polar surface area (TPSA) is 108 Å². The molecule has 1 heterocycles. The molecule has 1 aliphatic carbocycles. The number of aromatic nitrogens is 2. The molecule has 2 N–H and O–H groups in total. The van der Waals surface area contributed by atoms with Gasteiger partial charge in [-0.3, -0.25) is 9.59 Å². The second-order valence-corrected chi connectivity index (χ2v) is 7.00. The Morgan fingerprint density at radius 3 is 2.25 bits per heavy atom. The molecule has 1 aromatic carbocycles.